The van der Waals surface area contributed by atoms with Gasteiger partial charge in [-0.2, -0.15) is 0 Å². The second-order valence-corrected chi connectivity index (χ2v) is 10.1. The third kappa shape index (κ3) is 7.50. The van der Waals surface area contributed by atoms with Crippen LogP contribution in [-0.2, 0) is 14.4 Å². The summed E-state index contributed by atoms with van der Waals surface area (Å²) >= 11 is 0. The molecule has 8 heteroatoms. The van der Waals surface area contributed by atoms with E-state index in [2.05, 4.69) is 15.6 Å². The Bertz CT molecular complexity index is 1290. The van der Waals surface area contributed by atoms with E-state index in [0.29, 0.717) is 23.5 Å². The van der Waals surface area contributed by atoms with Crippen LogP contribution in [0.2, 0.25) is 0 Å². The SMILES string of the molecule is Cc1ccc(C)c(N(C(=O)CCCC(=O)Nc2ccccn2)[C@@H](C(=O)NC2CCCC2)c2ccc(F)cc2)c1. The third-order valence-electron chi connectivity index (χ3n) is 7.01. The summed E-state index contributed by atoms with van der Waals surface area (Å²) in [5.74, 6) is -0.794. The standard InChI is InChI=1S/C31H35FN4O3/c1-21-13-14-22(2)26(20-21)36(29(38)12-7-11-28(37)35-27-10-5-6-19-33-27)30(23-15-17-24(32)18-16-23)31(39)34-25-8-3-4-9-25/h5-6,10,13-20,25,30H,3-4,7-9,11-12H2,1-2H3,(H,34,39)(H,33,35,37)/t30-/m1/s1. The highest BCUT2D eigenvalue weighted by molar-refractivity contribution is 6.02. The minimum Gasteiger partial charge on any atom is -0.351 e. The van der Waals surface area contributed by atoms with Gasteiger partial charge in [-0.15, -0.1) is 0 Å². The fourth-order valence-electron chi connectivity index (χ4n) is 4.97. The fourth-order valence-corrected chi connectivity index (χ4v) is 4.97. The molecular formula is C31H35FN4O3. The van der Waals surface area contributed by atoms with E-state index in [1.54, 1.807) is 36.5 Å². The lowest BCUT2D eigenvalue weighted by Gasteiger charge is -2.33. The fraction of sp³-hybridized carbons (Fsp3) is 0.355. The van der Waals surface area contributed by atoms with Crippen molar-refractivity contribution < 1.29 is 18.8 Å². The van der Waals surface area contributed by atoms with Crippen molar-refractivity contribution in [1.82, 2.24) is 10.3 Å². The van der Waals surface area contributed by atoms with Crippen molar-refractivity contribution in [3.05, 3.63) is 89.4 Å². The van der Waals surface area contributed by atoms with E-state index in [9.17, 15) is 18.8 Å². The van der Waals surface area contributed by atoms with E-state index in [1.807, 2.05) is 32.0 Å². The van der Waals surface area contributed by atoms with Crippen LogP contribution in [0.15, 0.2) is 66.9 Å². The number of nitrogens with one attached hydrogen (secondary N) is 2. The molecule has 0 bridgehead atoms. The zero-order valence-electron chi connectivity index (χ0n) is 22.5. The summed E-state index contributed by atoms with van der Waals surface area (Å²) in [4.78, 5) is 45.8. The molecule has 1 aliphatic rings. The van der Waals surface area contributed by atoms with Gasteiger partial charge in [-0.25, -0.2) is 9.37 Å². The van der Waals surface area contributed by atoms with Crippen molar-refractivity contribution in [1.29, 1.82) is 0 Å². The highest BCUT2D eigenvalue weighted by Gasteiger charge is 2.35. The molecular weight excluding hydrogens is 495 g/mol. The molecule has 1 saturated carbocycles. The number of hydrogen-bond acceptors (Lipinski definition) is 4. The number of aromatic nitrogens is 1. The summed E-state index contributed by atoms with van der Waals surface area (Å²) in [5, 5.41) is 5.87. The molecule has 7 nitrogen and oxygen atoms in total. The van der Waals surface area contributed by atoms with Gasteiger partial charge >= 0.3 is 0 Å². The molecule has 3 aromatic rings. The Hall–Kier alpha value is -4.07. The highest BCUT2D eigenvalue weighted by atomic mass is 19.1. The average molecular weight is 531 g/mol. The molecule has 0 radical (unpaired) electrons. The minimum absolute atomic E-state index is 0.0475. The zero-order valence-corrected chi connectivity index (χ0v) is 22.5. The molecule has 1 aromatic heterocycles. The van der Waals surface area contributed by atoms with E-state index in [-0.39, 0.29) is 36.6 Å². The van der Waals surface area contributed by atoms with Gasteiger partial charge in [-0.1, -0.05) is 43.2 Å². The van der Waals surface area contributed by atoms with Crippen molar-refractivity contribution in [3.8, 4) is 0 Å². The lowest BCUT2D eigenvalue weighted by atomic mass is 9.99. The van der Waals surface area contributed by atoms with Gasteiger partial charge < -0.3 is 10.6 Å². The molecule has 2 aromatic carbocycles. The number of aryl methyl sites for hydroxylation is 2. The Morgan fingerprint density at radius 1 is 1.00 bits per heavy atom. The second-order valence-electron chi connectivity index (χ2n) is 10.1. The molecule has 0 saturated heterocycles. The van der Waals surface area contributed by atoms with Crippen LogP contribution in [0.3, 0.4) is 0 Å². The number of anilines is 2. The van der Waals surface area contributed by atoms with E-state index < -0.39 is 11.9 Å². The van der Waals surface area contributed by atoms with Crippen LogP contribution < -0.4 is 15.5 Å². The number of carbonyl (C=O) groups is 3. The smallest absolute Gasteiger partial charge is 0.248 e. The average Bonchev–Trinajstić information content (AvgIpc) is 3.43. The van der Waals surface area contributed by atoms with Crippen LogP contribution in [0.1, 0.15) is 67.7 Å². The van der Waals surface area contributed by atoms with Gasteiger partial charge in [-0.05, 0) is 80.1 Å². The molecule has 0 unspecified atom stereocenters. The van der Waals surface area contributed by atoms with E-state index >= 15 is 0 Å². The summed E-state index contributed by atoms with van der Waals surface area (Å²) in [6, 6.07) is 15.8. The number of halogens is 1. The first-order valence-electron chi connectivity index (χ1n) is 13.5. The van der Waals surface area contributed by atoms with E-state index in [4.69, 9.17) is 0 Å². The van der Waals surface area contributed by atoms with Crippen LogP contribution in [-0.4, -0.2) is 28.7 Å². The van der Waals surface area contributed by atoms with Gasteiger partial charge in [0.2, 0.25) is 17.7 Å². The molecule has 1 heterocycles. The number of nitrogens with zero attached hydrogens (tertiary/aromatic N) is 2. The van der Waals surface area contributed by atoms with Gasteiger partial charge in [-0.3, -0.25) is 19.3 Å². The maximum absolute atomic E-state index is 13.9. The van der Waals surface area contributed by atoms with E-state index in [1.165, 1.54) is 17.0 Å². The summed E-state index contributed by atoms with van der Waals surface area (Å²) in [6.45, 7) is 3.82. The molecule has 204 valence electrons. The van der Waals surface area contributed by atoms with Crippen molar-refractivity contribution in [2.75, 3.05) is 10.2 Å². The second kappa shape index (κ2) is 13.1. The maximum Gasteiger partial charge on any atom is 0.248 e. The van der Waals surface area contributed by atoms with Gasteiger partial charge in [0.1, 0.15) is 17.7 Å². The number of carbonyl (C=O) groups excluding carboxylic acids is 3. The Kier molecular flexibility index (Phi) is 9.41. The minimum atomic E-state index is -0.985. The molecule has 4 rings (SSSR count). The predicted octanol–water partition coefficient (Wildman–Crippen LogP) is 5.78. The number of rotatable bonds is 10. The monoisotopic (exact) mass is 530 g/mol. The highest BCUT2D eigenvalue weighted by Crippen LogP contribution is 2.33. The molecule has 3 amide bonds. The molecule has 0 aliphatic heterocycles. The van der Waals surface area contributed by atoms with Crippen molar-refractivity contribution in [2.45, 2.75) is 70.9 Å². The van der Waals surface area contributed by atoms with Crippen LogP contribution >= 0.6 is 0 Å². The lowest BCUT2D eigenvalue weighted by Crippen LogP contribution is -2.46. The molecule has 1 atom stereocenters. The van der Waals surface area contributed by atoms with Crippen LogP contribution in [0.5, 0.6) is 0 Å². The molecule has 0 spiro atoms. The van der Waals surface area contributed by atoms with Gasteiger partial charge in [0, 0.05) is 30.8 Å². The normalized spacial score (nSPS) is 14.0. The van der Waals surface area contributed by atoms with Crippen molar-refractivity contribution >= 4 is 29.2 Å². The van der Waals surface area contributed by atoms with Crippen LogP contribution in [0.4, 0.5) is 15.9 Å². The summed E-state index contributed by atoms with van der Waals surface area (Å²) in [6.07, 6.45) is 5.94. The Labute approximate surface area is 228 Å². The number of benzene rings is 2. The Balaban J connectivity index is 1.61. The predicted molar refractivity (Wildman–Crippen MR) is 150 cm³/mol. The first-order valence-corrected chi connectivity index (χ1v) is 13.5. The Morgan fingerprint density at radius 2 is 1.74 bits per heavy atom. The Morgan fingerprint density at radius 3 is 2.44 bits per heavy atom. The number of amides is 3. The first kappa shape index (κ1) is 28.0. The van der Waals surface area contributed by atoms with Gasteiger partial charge in [0.05, 0.1) is 0 Å². The van der Waals surface area contributed by atoms with Crippen LogP contribution in [0.25, 0.3) is 0 Å². The first-order chi connectivity index (χ1) is 18.8. The van der Waals surface area contributed by atoms with Crippen molar-refractivity contribution in [3.63, 3.8) is 0 Å². The molecule has 1 fully saturated rings. The quantitative estimate of drug-likeness (QED) is 0.348. The molecule has 39 heavy (non-hydrogen) atoms. The third-order valence-corrected chi connectivity index (χ3v) is 7.01. The summed E-state index contributed by atoms with van der Waals surface area (Å²) in [7, 11) is 0. The zero-order chi connectivity index (χ0) is 27.8. The molecule has 1 aliphatic carbocycles. The summed E-state index contributed by atoms with van der Waals surface area (Å²) < 4.78 is 13.9. The van der Waals surface area contributed by atoms with Crippen LogP contribution in [0, 0.1) is 19.7 Å². The number of hydrogen-bond donors (Lipinski definition) is 2. The number of pyridine rings is 1. The lowest BCUT2D eigenvalue weighted by molar-refractivity contribution is -0.127. The summed E-state index contributed by atoms with van der Waals surface area (Å²) in [5.41, 5.74) is 2.92. The largest absolute Gasteiger partial charge is 0.351 e. The van der Waals surface area contributed by atoms with E-state index in [0.717, 1.165) is 36.8 Å². The van der Waals surface area contributed by atoms with Gasteiger partial charge in [0.25, 0.3) is 0 Å². The van der Waals surface area contributed by atoms with Crippen molar-refractivity contribution in [2.24, 2.45) is 0 Å². The van der Waals surface area contributed by atoms with Gasteiger partial charge in [0.15, 0.2) is 0 Å². The topological polar surface area (TPSA) is 91.4 Å². The maximum atomic E-state index is 13.9. The molecule has 2 N–H and O–H groups in total.